The van der Waals surface area contributed by atoms with Crippen molar-refractivity contribution in [1.82, 2.24) is 10.2 Å². The molecule has 4 heteroatoms. The van der Waals surface area contributed by atoms with Crippen LogP contribution in [0.2, 0.25) is 0 Å². The molecule has 0 fully saturated rings. The van der Waals surface area contributed by atoms with E-state index in [1.54, 1.807) is 6.92 Å². The van der Waals surface area contributed by atoms with Crippen LogP contribution in [0.5, 0.6) is 0 Å². The minimum Gasteiger partial charge on any atom is -0.387 e. The largest absolute Gasteiger partial charge is 0.387 e. The van der Waals surface area contributed by atoms with Gasteiger partial charge in [-0.05, 0) is 12.5 Å². The lowest BCUT2D eigenvalue weighted by Gasteiger charge is -1.93. The van der Waals surface area contributed by atoms with Crippen molar-refractivity contribution >= 4 is 11.7 Å². The molecule has 1 heterocycles. The summed E-state index contributed by atoms with van der Waals surface area (Å²) in [7, 11) is 0. The van der Waals surface area contributed by atoms with Crippen LogP contribution in [0, 0.1) is 0 Å². The molecule has 0 saturated carbocycles. The number of hydrogen-bond acceptors (Lipinski definition) is 2. The van der Waals surface area contributed by atoms with Gasteiger partial charge < -0.3 is 5.73 Å². The topological polar surface area (TPSA) is 67.1 Å². The van der Waals surface area contributed by atoms with Crippen LogP contribution in [0.3, 0.4) is 0 Å². The molecule has 0 unspecified atom stereocenters. The Balaban J connectivity index is 2.32. The molecule has 15 heavy (non-hydrogen) atoms. The molecule has 3 N–H and O–H groups in total. The molecule has 1 aromatic heterocycles. The number of benzene rings is 1. The number of nitrogens with one attached hydrogen (secondary N) is 1. The molecule has 0 atom stereocenters. The smallest absolute Gasteiger partial charge is 0.175 e. The van der Waals surface area contributed by atoms with E-state index >= 15 is 0 Å². The van der Waals surface area contributed by atoms with Crippen LogP contribution in [0.1, 0.15) is 6.92 Å². The number of aliphatic imine (C=N–C) groups is 1. The molecule has 0 aliphatic carbocycles. The lowest BCUT2D eigenvalue weighted by Crippen LogP contribution is -2.03. The van der Waals surface area contributed by atoms with Gasteiger partial charge in [0.2, 0.25) is 0 Å². The van der Waals surface area contributed by atoms with Crippen molar-refractivity contribution in [2.75, 3.05) is 0 Å². The highest BCUT2D eigenvalue weighted by atomic mass is 15.2. The Morgan fingerprint density at radius 3 is 2.73 bits per heavy atom. The summed E-state index contributed by atoms with van der Waals surface area (Å²) in [4.78, 5) is 4.06. The highest BCUT2D eigenvalue weighted by Gasteiger charge is 2.01. The second-order valence-corrected chi connectivity index (χ2v) is 3.26. The Labute approximate surface area is 87.9 Å². The van der Waals surface area contributed by atoms with Gasteiger partial charge in [0.15, 0.2) is 5.82 Å². The van der Waals surface area contributed by atoms with Crippen molar-refractivity contribution in [3.8, 4) is 11.3 Å². The quantitative estimate of drug-likeness (QED) is 0.575. The number of aromatic amines is 1. The third kappa shape index (κ3) is 2.22. The van der Waals surface area contributed by atoms with Crippen LogP contribution >= 0.6 is 0 Å². The van der Waals surface area contributed by atoms with E-state index in [1.165, 1.54) is 0 Å². The maximum atomic E-state index is 5.47. The monoisotopic (exact) mass is 200 g/mol. The van der Waals surface area contributed by atoms with Gasteiger partial charge in [0.05, 0.1) is 11.5 Å². The Morgan fingerprint density at radius 1 is 1.33 bits per heavy atom. The molecule has 4 nitrogen and oxygen atoms in total. The number of amidine groups is 1. The van der Waals surface area contributed by atoms with Crippen molar-refractivity contribution in [3.05, 3.63) is 36.4 Å². The standard InChI is InChI=1S/C11H12N4/c1-8(12)13-11-7-10(14-15-11)9-5-3-2-4-6-9/h2-7H,1H3,(H3,12,13,14,15). The van der Waals surface area contributed by atoms with Gasteiger partial charge in [0.1, 0.15) is 0 Å². The summed E-state index contributed by atoms with van der Waals surface area (Å²) >= 11 is 0. The maximum Gasteiger partial charge on any atom is 0.175 e. The van der Waals surface area contributed by atoms with E-state index in [2.05, 4.69) is 15.2 Å². The fourth-order valence-electron chi connectivity index (χ4n) is 1.31. The number of H-pyrrole nitrogens is 1. The molecular formula is C11H12N4. The molecule has 2 rings (SSSR count). The zero-order chi connectivity index (χ0) is 10.7. The second kappa shape index (κ2) is 3.96. The molecule has 0 saturated heterocycles. The van der Waals surface area contributed by atoms with Gasteiger partial charge in [-0.3, -0.25) is 5.10 Å². The highest BCUT2D eigenvalue weighted by molar-refractivity contribution is 5.80. The van der Waals surface area contributed by atoms with Crippen LogP contribution < -0.4 is 5.73 Å². The van der Waals surface area contributed by atoms with Gasteiger partial charge in [0, 0.05) is 6.07 Å². The van der Waals surface area contributed by atoms with Gasteiger partial charge in [-0.15, -0.1) is 0 Å². The van der Waals surface area contributed by atoms with Crippen LogP contribution in [-0.4, -0.2) is 16.0 Å². The average Bonchev–Trinajstić information content (AvgIpc) is 2.67. The number of hydrogen-bond donors (Lipinski definition) is 2. The summed E-state index contributed by atoms with van der Waals surface area (Å²) in [6, 6.07) is 11.8. The summed E-state index contributed by atoms with van der Waals surface area (Å²) < 4.78 is 0. The van der Waals surface area contributed by atoms with Crippen molar-refractivity contribution in [2.24, 2.45) is 10.7 Å². The van der Waals surface area contributed by atoms with Crippen molar-refractivity contribution < 1.29 is 0 Å². The third-order valence-electron chi connectivity index (χ3n) is 1.94. The lowest BCUT2D eigenvalue weighted by molar-refractivity contribution is 1.08. The van der Waals surface area contributed by atoms with Crippen molar-refractivity contribution in [1.29, 1.82) is 0 Å². The van der Waals surface area contributed by atoms with Gasteiger partial charge >= 0.3 is 0 Å². The Bertz CT molecular complexity index is 466. The van der Waals surface area contributed by atoms with Crippen LogP contribution in [-0.2, 0) is 0 Å². The molecule has 0 amide bonds. The van der Waals surface area contributed by atoms with E-state index in [0.717, 1.165) is 11.3 Å². The molecule has 0 aliphatic heterocycles. The van der Waals surface area contributed by atoms with E-state index in [9.17, 15) is 0 Å². The number of aromatic nitrogens is 2. The van der Waals surface area contributed by atoms with Crippen LogP contribution in [0.4, 0.5) is 5.82 Å². The van der Waals surface area contributed by atoms with E-state index in [1.807, 2.05) is 36.4 Å². The van der Waals surface area contributed by atoms with E-state index in [-0.39, 0.29) is 0 Å². The number of nitrogens with zero attached hydrogens (tertiary/aromatic N) is 2. The van der Waals surface area contributed by atoms with Gasteiger partial charge in [-0.1, -0.05) is 30.3 Å². The Hall–Kier alpha value is -2.10. The summed E-state index contributed by atoms with van der Waals surface area (Å²) in [5, 5.41) is 6.95. The van der Waals surface area contributed by atoms with Crippen molar-refractivity contribution in [2.45, 2.75) is 6.92 Å². The Kier molecular flexibility index (Phi) is 2.49. The molecule has 0 spiro atoms. The van der Waals surface area contributed by atoms with E-state index in [4.69, 9.17) is 5.73 Å². The van der Waals surface area contributed by atoms with Crippen molar-refractivity contribution in [3.63, 3.8) is 0 Å². The molecule has 0 bridgehead atoms. The van der Waals surface area contributed by atoms with E-state index < -0.39 is 0 Å². The molecule has 1 aromatic carbocycles. The summed E-state index contributed by atoms with van der Waals surface area (Å²) in [5.41, 5.74) is 7.49. The fraction of sp³-hybridized carbons (Fsp3) is 0.0909. The maximum absolute atomic E-state index is 5.47. The minimum atomic E-state index is 0.501. The SMILES string of the molecule is CC(N)=Nc1cc(-c2ccccc2)[nH]n1. The fourth-order valence-corrected chi connectivity index (χ4v) is 1.31. The lowest BCUT2D eigenvalue weighted by atomic mass is 10.2. The Morgan fingerprint density at radius 2 is 2.07 bits per heavy atom. The summed E-state index contributed by atoms with van der Waals surface area (Å²) in [5.74, 6) is 1.11. The number of nitrogens with two attached hydrogens (primary N) is 1. The molecular weight excluding hydrogens is 188 g/mol. The molecule has 0 radical (unpaired) electrons. The second-order valence-electron chi connectivity index (χ2n) is 3.26. The van der Waals surface area contributed by atoms with E-state index in [0.29, 0.717) is 11.7 Å². The highest BCUT2D eigenvalue weighted by Crippen LogP contribution is 2.20. The first-order valence-corrected chi connectivity index (χ1v) is 4.67. The van der Waals surface area contributed by atoms with Gasteiger partial charge in [-0.2, -0.15) is 5.10 Å². The zero-order valence-corrected chi connectivity index (χ0v) is 8.44. The normalized spacial score (nSPS) is 11.7. The first-order chi connectivity index (χ1) is 7.25. The number of rotatable bonds is 2. The molecule has 0 aliphatic rings. The molecule has 2 aromatic rings. The summed E-state index contributed by atoms with van der Waals surface area (Å²) in [6.45, 7) is 1.73. The molecule has 76 valence electrons. The predicted molar refractivity (Wildman–Crippen MR) is 61.0 cm³/mol. The van der Waals surface area contributed by atoms with Gasteiger partial charge in [-0.25, -0.2) is 4.99 Å². The van der Waals surface area contributed by atoms with Crippen LogP contribution in [0.15, 0.2) is 41.4 Å². The predicted octanol–water partition coefficient (Wildman–Crippen LogP) is 2.09. The first-order valence-electron chi connectivity index (χ1n) is 4.67. The first kappa shape index (κ1) is 9.45. The third-order valence-corrected chi connectivity index (χ3v) is 1.94. The average molecular weight is 200 g/mol. The summed E-state index contributed by atoms with van der Waals surface area (Å²) in [6.07, 6.45) is 0. The van der Waals surface area contributed by atoms with Crippen LogP contribution in [0.25, 0.3) is 11.3 Å². The zero-order valence-electron chi connectivity index (χ0n) is 8.44. The van der Waals surface area contributed by atoms with Gasteiger partial charge in [0.25, 0.3) is 0 Å². The minimum absolute atomic E-state index is 0.501.